The highest BCUT2D eigenvalue weighted by atomic mass is 32.2. The maximum Gasteiger partial charge on any atom is 0.446 e. The predicted molar refractivity (Wildman–Crippen MR) is 131 cm³/mol. The van der Waals surface area contributed by atoms with Gasteiger partial charge in [-0.1, -0.05) is 12.0 Å². The van der Waals surface area contributed by atoms with Crippen LogP contribution in [-0.4, -0.2) is 74.6 Å². The standard InChI is InChI=1S/C24H25F4N7OS/c1-33-11-9-18(17(25)14-33)31-21-6-2-5-20-22(37-24(26,27)28)19(32-35(20)21)4-3-10-29-23(36)15-12-30-34(13-15)16-7-8-16/h2,5-6,12-13,16-18,31H,7-11,14H2,1H3,(H,29,36)/t17-,18+/m0/s1. The molecule has 2 aliphatic rings. The molecule has 5 rings (SSSR count). The van der Waals surface area contributed by atoms with Gasteiger partial charge < -0.3 is 15.5 Å². The highest BCUT2D eigenvalue weighted by Crippen LogP contribution is 2.41. The zero-order valence-electron chi connectivity index (χ0n) is 19.9. The van der Waals surface area contributed by atoms with Crippen molar-refractivity contribution < 1.29 is 22.4 Å². The molecule has 13 heteroatoms. The molecule has 196 valence electrons. The Morgan fingerprint density at radius 3 is 2.81 bits per heavy atom. The monoisotopic (exact) mass is 535 g/mol. The molecule has 0 unspecified atom stereocenters. The van der Waals surface area contributed by atoms with Gasteiger partial charge in [0.2, 0.25) is 0 Å². The van der Waals surface area contributed by atoms with E-state index in [4.69, 9.17) is 0 Å². The van der Waals surface area contributed by atoms with Gasteiger partial charge in [-0.15, -0.1) is 0 Å². The Morgan fingerprint density at radius 1 is 1.27 bits per heavy atom. The zero-order valence-corrected chi connectivity index (χ0v) is 20.7. The van der Waals surface area contributed by atoms with E-state index in [0.717, 1.165) is 12.8 Å². The summed E-state index contributed by atoms with van der Waals surface area (Å²) in [6, 6.07) is 4.61. The number of thioether (sulfide) groups is 1. The third kappa shape index (κ3) is 6.02. The molecule has 2 atom stereocenters. The molecule has 1 saturated carbocycles. The quantitative estimate of drug-likeness (QED) is 0.285. The van der Waals surface area contributed by atoms with Gasteiger partial charge in [0.1, 0.15) is 17.7 Å². The van der Waals surface area contributed by atoms with E-state index in [1.807, 2.05) is 11.9 Å². The first kappa shape index (κ1) is 25.4. The Balaban J connectivity index is 1.35. The van der Waals surface area contributed by atoms with Crippen LogP contribution >= 0.6 is 11.8 Å². The van der Waals surface area contributed by atoms with Crippen LogP contribution in [0, 0.1) is 11.8 Å². The van der Waals surface area contributed by atoms with Crippen molar-refractivity contribution in [1.82, 2.24) is 29.6 Å². The number of nitrogens with zero attached hydrogens (tertiary/aromatic N) is 5. The number of hydrogen-bond donors (Lipinski definition) is 2. The van der Waals surface area contributed by atoms with E-state index in [9.17, 15) is 22.4 Å². The van der Waals surface area contributed by atoms with Gasteiger partial charge in [0.25, 0.3) is 5.91 Å². The van der Waals surface area contributed by atoms with Crippen LogP contribution in [0.25, 0.3) is 5.52 Å². The summed E-state index contributed by atoms with van der Waals surface area (Å²) in [5.74, 6) is 5.37. The van der Waals surface area contributed by atoms with Crippen LogP contribution in [0.2, 0.25) is 0 Å². The summed E-state index contributed by atoms with van der Waals surface area (Å²) < 4.78 is 57.8. The maximum atomic E-state index is 14.6. The number of rotatable bonds is 6. The van der Waals surface area contributed by atoms with Gasteiger partial charge in [-0.25, -0.2) is 8.91 Å². The molecule has 3 aromatic heterocycles. The molecule has 1 saturated heterocycles. The van der Waals surface area contributed by atoms with Gasteiger partial charge in [0, 0.05) is 19.3 Å². The average molecular weight is 536 g/mol. The molecule has 0 radical (unpaired) electrons. The van der Waals surface area contributed by atoms with Crippen LogP contribution in [0.5, 0.6) is 0 Å². The van der Waals surface area contributed by atoms with Crippen molar-refractivity contribution in [2.45, 2.75) is 47.9 Å². The molecule has 8 nitrogen and oxygen atoms in total. The van der Waals surface area contributed by atoms with Crippen LogP contribution in [0.15, 0.2) is 35.5 Å². The van der Waals surface area contributed by atoms with Gasteiger partial charge in [0.15, 0.2) is 0 Å². The third-order valence-electron chi connectivity index (χ3n) is 6.24. The van der Waals surface area contributed by atoms with E-state index in [1.165, 1.54) is 16.8 Å². The Labute approximate surface area is 214 Å². The summed E-state index contributed by atoms with van der Waals surface area (Å²) in [6.45, 7) is 0.888. The van der Waals surface area contributed by atoms with Crippen molar-refractivity contribution in [1.29, 1.82) is 0 Å². The van der Waals surface area contributed by atoms with Crippen LogP contribution in [-0.2, 0) is 0 Å². The fourth-order valence-electron chi connectivity index (χ4n) is 4.21. The topological polar surface area (TPSA) is 79.5 Å². The molecule has 2 fully saturated rings. The van der Waals surface area contributed by atoms with Gasteiger partial charge in [-0.05, 0) is 56.1 Å². The second-order valence-corrected chi connectivity index (χ2v) is 10.3. The molecule has 1 aliphatic heterocycles. The lowest BCUT2D eigenvalue weighted by Crippen LogP contribution is -2.46. The average Bonchev–Trinajstić information content (AvgIpc) is 3.47. The fourth-order valence-corrected chi connectivity index (χ4v) is 4.89. The number of halogens is 4. The first-order valence-corrected chi connectivity index (χ1v) is 12.7. The molecular formula is C24H25F4N7OS. The van der Waals surface area contributed by atoms with Crippen LogP contribution in [0.1, 0.15) is 41.4 Å². The van der Waals surface area contributed by atoms with Crippen molar-refractivity contribution in [3.63, 3.8) is 0 Å². The summed E-state index contributed by atoms with van der Waals surface area (Å²) in [6.07, 6.45) is 4.63. The second-order valence-electron chi connectivity index (χ2n) is 9.18. The highest BCUT2D eigenvalue weighted by Gasteiger charge is 2.33. The van der Waals surface area contributed by atoms with Gasteiger partial charge in [-0.2, -0.15) is 23.4 Å². The predicted octanol–water partition coefficient (Wildman–Crippen LogP) is 3.71. The van der Waals surface area contributed by atoms with Gasteiger partial charge in [0.05, 0.1) is 40.8 Å². The number of anilines is 1. The fraction of sp³-hybridized carbons (Fsp3) is 0.458. The van der Waals surface area contributed by atoms with E-state index in [2.05, 4.69) is 32.7 Å². The molecule has 3 aromatic rings. The number of amides is 1. The Bertz CT molecular complexity index is 1350. The van der Waals surface area contributed by atoms with E-state index < -0.39 is 17.7 Å². The normalized spacial score (nSPS) is 20.5. The smallest absolute Gasteiger partial charge is 0.364 e. The molecule has 0 aromatic carbocycles. The van der Waals surface area contributed by atoms with Crippen LogP contribution in [0.4, 0.5) is 23.4 Å². The summed E-state index contributed by atoms with van der Waals surface area (Å²) in [4.78, 5) is 14.1. The minimum atomic E-state index is -4.56. The number of alkyl halides is 4. The summed E-state index contributed by atoms with van der Waals surface area (Å²) in [7, 11) is 1.84. The van der Waals surface area contributed by atoms with Crippen molar-refractivity contribution >= 4 is 29.0 Å². The number of carbonyl (C=O) groups excluding carboxylic acids is 1. The van der Waals surface area contributed by atoms with Crippen LogP contribution in [0.3, 0.4) is 0 Å². The number of aromatic nitrogens is 4. The van der Waals surface area contributed by atoms with Crippen molar-refractivity contribution in [3.8, 4) is 11.8 Å². The van der Waals surface area contributed by atoms with E-state index in [0.29, 0.717) is 30.4 Å². The minimum absolute atomic E-state index is 0.0763. The first-order valence-electron chi connectivity index (χ1n) is 11.9. The molecular weight excluding hydrogens is 510 g/mol. The van der Waals surface area contributed by atoms with Crippen molar-refractivity contribution in [2.75, 3.05) is 32.0 Å². The molecule has 2 N–H and O–H groups in total. The van der Waals surface area contributed by atoms with Gasteiger partial charge >= 0.3 is 5.51 Å². The molecule has 1 aliphatic carbocycles. The Morgan fingerprint density at radius 2 is 2.08 bits per heavy atom. The summed E-state index contributed by atoms with van der Waals surface area (Å²) in [5.41, 5.74) is -4.04. The second kappa shape index (κ2) is 10.3. The van der Waals surface area contributed by atoms with E-state index in [1.54, 1.807) is 23.0 Å². The highest BCUT2D eigenvalue weighted by molar-refractivity contribution is 8.00. The van der Waals surface area contributed by atoms with Crippen molar-refractivity contribution in [3.05, 3.63) is 41.9 Å². The van der Waals surface area contributed by atoms with E-state index >= 15 is 0 Å². The molecule has 4 heterocycles. The largest absolute Gasteiger partial charge is 0.446 e. The van der Waals surface area contributed by atoms with Crippen LogP contribution < -0.4 is 10.6 Å². The lowest BCUT2D eigenvalue weighted by molar-refractivity contribution is -0.0327. The summed E-state index contributed by atoms with van der Waals surface area (Å²) >= 11 is -0.301. The molecule has 0 spiro atoms. The number of hydrogen-bond acceptors (Lipinski definition) is 6. The maximum absolute atomic E-state index is 14.6. The Kier molecular flexibility index (Phi) is 7.04. The minimum Gasteiger partial charge on any atom is -0.364 e. The number of likely N-dealkylation sites (tertiary alicyclic amines) is 1. The zero-order chi connectivity index (χ0) is 26.2. The van der Waals surface area contributed by atoms with Gasteiger partial charge in [-0.3, -0.25) is 9.48 Å². The number of pyridine rings is 1. The number of piperidine rings is 1. The molecule has 0 bridgehead atoms. The third-order valence-corrected chi connectivity index (χ3v) is 7.07. The number of nitrogens with one attached hydrogen (secondary N) is 2. The Hall–Kier alpha value is -3.24. The number of carbonyl (C=O) groups is 1. The summed E-state index contributed by atoms with van der Waals surface area (Å²) in [5, 5.41) is 14.2. The lowest BCUT2D eigenvalue weighted by atomic mass is 10.0. The molecule has 37 heavy (non-hydrogen) atoms. The lowest BCUT2D eigenvalue weighted by Gasteiger charge is -2.33. The van der Waals surface area contributed by atoms with Crippen molar-refractivity contribution in [2.24, 2.45) is 0 Å². The SMILES string of the molecule is CN1CC[C@@H](Nc2cccc3c(SC(F)(F)F)c(C#CCNC(=O)c4cnn(C5CC5)c4)nn23)[C@@H](F)C1. The van der Waals surface area contributed by atoms with E-state index in [-0.39, 0.29) is 46.9 Å². The number of fused-ring (bicyclic) bond motifs is 1. The first-order chi connectivity index (χ1) is 17.7. The molecule has 1 amide bonds.